The minimum absolute atomic E-state index is 0.271. The molecule has 0 spiro atoms. The van der Waals surface area contributed by atoms with E-state index in [4.69, 9.17) is 0 Å². The van der Waals surface area contributed by atoms with Crippen LogP contribution in [-0.4, -0.2) is 9.97 Å². The molecule has 4 rings (SSSR count). The van der Waals surface area contributed by atoms with Crippen LogP contribution in [0.25, 0.3) is 10.8 Å². The highest BCUT2D eigenvalue weighted by atomic mass is 19.4. The van der Waals surface area contributed by atoms with Crippen molar-refractivity contribution in [2.45, 2.75) is 58.0 Å². The summed E-state index contributed by atoms with van der Waals surface area (Å²) in [6, 6.07) is 14.4. The zero-order valence-corrected chi connectivity index (χ0v) is 19.7. The number of hydrogen-bond acceptors (Lipinski definition) is 2. The summed E-state index contributed by atoms with van der Waals surface area (Å²) >= 11 is 0. The molecule has 0 saturated carbocycles. The second kappa shape index (κ2) is 11.0. The first kappa shape index (κ1) is 24.8. The van der Waals surface area contributed by atoms with Crippen molar-refractivity contribution in [2.75, 3.05) is 0 Å². The molecule has 0 N–H and O–H groups in total. The predicted octanol–water partition coefficient (Wildman–Crippen LogP) is 7.70. The van der Waals surface area contributed by atoms with Gasteiger partial charge in [-0.1, -0.05) is 55.8 Å². The van der Waals surface area contributed by atoms with Crippen molar-refractivity contribution < 1.29 is 17.6 Å². The van der Waals surface area contributed by atoms with Gasteiger partial charge >= 0.3 is 6.18 Å². The summed E-state index contributed by atoms with van der Waals surface area (Å²) in [6.45, 7) is 2.16. The third kappa shape index (κ3) is 6.44. The van der Waals surface area contributed by atoms with Crippen molar-refractivity contribution in [1.82, 2.24) is 9.97 Å². The predicted molar refractivity (Wildman–Crippen MR) is 131 cm³/mol. The highest BCUT2D eigenvalue weighted by molar-refractivity contribution is 5.84. The van der Waals surface area contributed by atoms with Gasteiger partial charge in [-0.15, -0.1) is 0 Å². The molecule has 0 atom stereocenters. The summed E-state index contributed by atoms with van der Waals surface area (Å²) in [7, 11) is 0. The van der Waals surface area contributed by atoms with Crippen molar-refractivity contribution in [2.24, 2.45) is 0 Å². The lowest BCUT2D eigenvalue weighted by Crippen LogP contribution is -2.04. The molecule has 0 aliphatic rings. The molecule has 35 heavy (non-hydrogen) atoms. The molecule has 0 fully saturated rings. The Labute approximate surface area is 203 Å². The molecule has 1 aromatic heterocycles. The second-order valence-corrected chi connectivity index (χ2v) is 8.90. The molecular formula is C29H28F4N2. The van der Waals surface area contributed by atoms with Gasteiger partial charge in [-0.2, -0.15) is 13.2 Å². The molecule has 0 saturated heterocycles. The number of unbranched alkanes of at least 4 members (excludes halogenated alkanes) is 1. The van der Waals surface area contributed by atoms with Gasteiger partial charge in [0, 0.05) is 24.2 Å². The van der Waals surface area contributed by atoms with Crippen LogP contribution in [0.3, 0.4) is 0 Å². The number of aromatic nitrogens is 2. The van der Waals surface area contributed by atoms with Gasteiger partial charge in [0.05, 0.1) is 5.56 Å². The third-order valence-electron chi connectivity index (χ3n) is 6.28. The van der Waals surface area contributed by atoms with E-state index in [0.717, 1.165) is 65.7 Å². The quantitative estimate of drug-likeness (QED) is 0.229. The van der Waals surface area contributed by atoms with Crippen molar-refractivity contribution in [3.8, 4) is 0 Å². The molecule has 4 aromatic rings. The zero-order chi connectivity index (χ0) is 24.8. The van der Waals surface area contributed by atoms with Gasteiger partial charge in [-0.25, -0.2) is 14.4 Å². The van der Waals surface area contributed by atoms with Crippen LogP contribution in [0.15, 0.2) is 67.0 Å². The lowest BCUT2D eigenvalue weighted by molar-refractivity contribution is -0.137. The summed E-state index contributed by atoms with van der Waals surface area (Å²) in [5, 5.41) is 1.38. The van der Waals surface area contributed by atoms with Crippen LogP contribution >= 0.6 is 0 Å². The first-order chi connectivity index (χ1) is 16.8. The monoisotopic (exact) mass is 480 g/mol. The molecular weight excluding hydrogens is 452 g/mol. The molecule has 0 aliphatic carbocycles. The minimum atomic E-state index is -4.35. The Balaban J connectivity index is 1.39. The summed E-state index contributed by atoms with van der Waals surface area (Å²) in [4.78, 5) is 8.94. The first-order valence-corrected chi connectivity index (χ1v) is 12.0. The maximum absolute atomic E-state index is 15.1. The van der Waals surface area contributed by atoms with Crippen molar-refractivity contribution >= 4 is 10.8 Å². The van der Waals surface area contributed by atoms with E-state index in [1.165, 1.54) is 12.1 Å². The Morgan fingerprint density at radius 3 is 2.09 bits per heavy atom. The standard InChI is InChI=1S/C29H28F4N2/c1-2-3-4-22-18-34-27(35-19-22)16-9-21-8-15-26-24(17-21)12-11-23(28(26)30)10-5-20-6-13-25(14-7-20)29(31,32)33/h6-8,11-15,17-19H,2-5,9-10,16H2,1H3. The zero-order valence-electron chi connectivity index (χ0n) is 19.7. The Bertz CT molecular complexity index is 1260. The fraction of sp³-hybridized carbons (Fsp3) is 0.310. The SMILES string of the molecule is CCCCc1cnc(CCc2ccc3c(F)c(CCc4ccc(C(F)(F)F)cc4)ccc3c2)nc1. The normalized spacial score (nSPS) is 11.8. The number of halogens is 4. The van der Waals surface area contributed by atoms with Gasteiger partial charge in [-0.05, 0) is 71.9 Å². The average Bonchev–Trinajstić information content (AvgIpc) is 2.86. The highest BCUT2D eigenvalue weighted by Crippen LogP contribution is 2.29. The summed E-state index contributed by atoms with van der Waals surface area (Å²) in [6.07, 6.45) is 5.09. The molecule has 2 nitrogen and oxygen atoms in total. The van der Waals surface area contributed by atoms with Crippen LogP contribution in [0.4, 0.5) is 17.6 Å². The summed E-state index contributed by atoms with van der Waals surface area (Å²) < 4.78 is 53.3. The van der Waals surface area contributed by atoms with Crippen molar-refractivity contribution in [3.63, 3.8) is 0 Å². The van der Waals surface area contributed by atoms with Gasteiger partial charge in [0.2, 0.25) is 0 Å². The lowest BCUT2D eigenvalue weighted by atomic mass is 9.98. The smallest absolute Gasteiger partial charge is 0.241 e. The van der Waals surface area contributed by atoms with E-state index in [1.807, 2.05) is 30.6 Å². The number of aryl methyl sites for hydroxylation is 5. The fourth-order valence-electron chi connectivity index (χ4n) is 4.15. The van der Waals surface area contributed by atoms with E-state index in [-0.39, 0.29) is 5.82 Å². The van der Waals surface area contributed by atoms with Crippen LogP contribution in [0.1, 0.15) is 53.4 Å². The second-order valence-electron chi connectivity index (χ2n) is 8.90. The number of alkyl halides is 3. The maximum Gasteiger partial charge on any atom is 0.416 e. The molecule has 3 aromatic carbocycles. The van der Waals surface area contributed by atoms with Crippen molar-refractivity contribution in [1.29, 1.82) is 0 Å². The summed E-state index contributed by atoms with van der Waals surface area (Å²) in [5.74, 6) is 0.530. The molecule has 0 aliphatic heterocycles. The van der Waals surface area contributed by atoms with Crippen LogP contribution in [0.2, 0.25) is 0 Å². The van der Waals surface area contributed by atoms with E-state index < -0.39 is 11.7 Å². The van der Waals surface area contributed by atoms with Crippen molar-refractivity contribution in [3.05, 3.63) is 106 Å². The van der Waals surface area contributed by atoms with E-state index >= 15 is 4.39 Å². The van der Waals surface area contributed by atoms with E-state index in [0.29, 0.717) is 30.2 Å². The van der Waals surface area contributed by atoms with Gasteiger partial charge in [-0.3, -0.25) is 0 Å². The van der Waals surface area contributed by atoms with E-state index in [1.54, 1.807) is 12.1 Å². The van der Waals surface area contributed by atoms with Gasteiger partial charge in [0.25, 0.3) is 0 Å². The first-order valence-electron chi connectivity index (χ1n) is 12.0. The molecule has 0 amide bonds. The highest BCUT2D eigenvalue weighted by Gasteiger charge is 2.29. The molecule has 0 radical (unpaired) electrons. The van der Waals surface area contributed by atoms with Crippen LogP contribution in [0, 0.1) is 5.82 Å². The van der Waals surface area contributed by atoms with Gasteiger partial charge in [0.15, 0.2) is 0 Å². The topological polar surface area (TPSA) is 25.8 Å². The third-order valence-corrected chi connectivity index (χ3v) is 6.28. The lowest BCUT2D eigenvalue weighted by Gasteiger charge is -2.10. The Morgan fingerprint density at radius 2 is 1.40 bits per heavy atom. The number of benzene rings is 3. The average molecular weight is 481 g/mol. The van der Waals surface area contributed by atoms with E-state index in [2.05, 4.69) is 16.9 Å². The molecule has 182 valence electrons. The van der Waals surface area contributed by atoms with Gasteiger partial charge < -0.3 is 0 Å². The van der Waals surface area contributed by atoms with Crippen LogP contribution < -0.4 is 0 Å². The fourth-order valence-corrected chi connectivity index (χ4v) is 4.15. The minimum Gasteiger partial charge on any atom is -0.241 e. The van der Waals surface area contributed by atoms with Crippen LogP contribution in [0.5, 0.6) is 0 Å². The Morgan fingerprint density at radius 1 is 0.714 bits per heavy atom. The number of nitrogens with zero attached hydrogens (tertiary/aromatic N) is 2. The molecule has 1 heterocycles. The number of hydrogen-bond donors (Lipinski definition) is 0. The summed E-state index contributed by atoms with van der Waals surface area (Å²) in [5.41, 5.74) is 2.87. The van der Waals surface area contributed by atoms with E-state index in [9.17, 15) is 13.2 Å². The van der Waals surface area contributed by atoms with Gasteiger partial charge in [0.1, 0.15) is 11.6 Å². The maximum atomic E-state index is 15.1. The van der Waals surface area contributed by atoms with Crippen LogP contribution in [-0.2, 0) is 38.3 Å². The number of rotatable bonds is 9. The molecule has 6 heteroatoms. The molecule has 0 bridgehead atoms. The molecule has 0 unspecified atom stereocenters. The Hall–Kier alpha value is -3.28. The Kier molecular flexibility index (Phi) is 7.79. The number of fused-ring (bicyclic) bond motifs is 1. The largest absolute Gasteiger partial charge is 0.416 e.